The SMILES string of the molecule is O=C1C2CCCC2C(=O)N1CCCN([Si](c1ccccc1)(c1ccccc1)c1ccccc1)[Si](c1ccccc1)(c1ccccc1)c1ccccc1. The van der Waals surface area contributed by atoms with Crippen molar-refractivity contribution < 1.29 is 9.59 Å². The van der Waals surface area contributed by atoms with Crippen molar-refractivity contribution >= 4 is 59.4 Å². The molecule has 1 heterocycles. The molecular formula is C46H44N2O2Si2. The van der Waals surface area contributed by atoms with Gasteiger partial charge in [0.1, 0.15) is 0 Å². The average Bonchev–Trinajstić information content (AvgIpc) is 3.80. The van der Waals surface area contributed by atoms with Gasteiger partial charge in [0.2, 0.25) is 28.3 Å². The molecule has 0 aromatic heterocycles. The first-order chi connectivity index (χ1) is 25.7. The second-order valence-corrected chi connectivity index (χ2v) is 21.9. The number of amides is 2. The predicted molar refractivity (Wildman–Crippen MR) is 217 cm³/mol. The van der Waals surface area contributed by atoms with Gasteiger partial charge in [-0.2, -0.15) is 0 Å². The minimum Gasteiger partial charge on any atom is -0.324 e. The first kappa shape index (κ1) is 34.0. The van der Waals surface area contributed by atoms with Crippen LogP contribution in [0.5, 0.6) is 0 Å². The zero-order valence-electron chi connectivity index (χ0n) is 29.4. The number of rotatable bonds is 12. The van der Waals surface area contributed by atoms with Gasteiger partial charge in [0, 0.05) is 6.54 Å². The predicted octanol–water partition coefficient (Wildman–Crippen LogP) is 4.80. The van der Waals surface area contributed by atoms with E-state index in [-0.39, 0.29) is 23.7 Å². The summed E-state index contributed by atoms with van der Waals surface area (Å²) in [6.45, 7) is 1.11. The molecule has 0 radical (unpaired) electrons. The summed E-state index contributed by atoms with van der Waals surface area (Å²) >= 11 is 0. The molecule has 2 atom stereocenters. The molecule has 1 saturated carbocycles. The minimum absolute atomic E-state index is 0.0365. The van der Waals surface area contributed by atoms with Crippen molar-refractivity contribution in [3.05, 3.63) is 182 Å². The van der Waals surface area contributed by atoms with Gasteiger partial charge in [0.15, 0.2) is 0 Å². The normalized spacial score (nSPS) is 17.4. The first-order valence-corrected chi connectivity index (χ1v) is 22.5. The van der Waals surface area contributed by atoms with Crippen LogP contribution in [0.2, 0.25) is 0 Å². The Morgan fingerprint density at radius 2 is 0.712 bits per heavy atom. The third kappa shape index (κ3) is 5.72. The van der Waals surface area contributed by atoms with Crippen LogP contribution in [0.3, 0.4) is 0 Å². The maximum absolute atomic E-state index is 13.7. The quantitative estimate of drug-likeness (QED) is 0.104. The van der Waals surface area contributed by atoms with Crippen LogP contribution >= 0.6 is 0 Å². The lowest BCUT2D eigenvalue weighted by Gasteiger charge is -2.54. The molecule has 2 amide bonds. The summed E-state index contributed by atoms with van der Waals surface area (Å²) < 4.78 is 2.95. The number of fused-ring (bicyclic) bond motifs is 1. The Balaban J connectivity index is 1.44. The van der Waals surface area contributed by atoms with Gasteiger partial charge >= 0.3 is 0 Å². The van der Waals surface area contributed by atoms with Gasteiger partial charge in [-0.1, -0.05) is 188 Å². The molecule has 1 saturated heterocycles. The number of carbonyl (C=O) groups excluding carboxylic acids is 2. The highest BCUT2D eigenvalue weighted by molar-refractivity contribution is 7.22. The average molecular weight is 713 g/mol. The number of hydrogen-bond donors (Lipinski definition) is 0. The number of imide groups is 1. The molecule has 0 bridgehead atoms. The standard InChI is InChI=1S/C46H44N2O2Si2/c49-45-43-33-19-34-44(43)46(50)47(45)35-20-36-48(51(37-21-7-1-8-22-37,38-23-9-2-10-24-38)39-25-11-3-12-26-39)52(40-27-13-4-14-28-40,41-29-15-5-16-30-41)42-31-17-6-18-32-42/h1-18,21-32,43-44H,19-20,33-36H2. The lowest BCUT2D eigenvalue weighted by atomic mass is 10.00. The summed E-state index contributed by atoms with van der Waals surface area (Å²) in [7, 11) is -6.33. The number of hydrogen-bond acceptors (Lipinski definition) is 3. The van der Waals surface area contributed by atoms with E-state index in [4.69, 9.17) is 0 Å². The fraction of sp³-hybridized carbons (Fsp3) is 0.174. The molecule has 8 rings (SSSR count). The Kier molecular flexibility index (Phi) is 9.69. The van der Waals surface area contributed by atoms with E-state index in [1.165, 1.54) is 31.1 Å². The van der Waals surface area contributed by atoms with Crippen LogP contribution in [0.1, 0.15) is 25.7 Å². The maximum atomic E-state index is 13.7. The van der Waals surface area contributed by atoms with Crippen molar-refractivity contribution in [2.24, 2.45) is 11.8 Å². The number of carbonyl (C=O) groups is 2. The van der Waals surface area contributed by atoms with Crippen molar-refractivity contribution in [1.29, 1.82) is 0 Å². The van der Waals surface area contributed by atoms with Gasteiger partial charge in [0.25, 0.3) is 0 Å². The van der Waals surface area contributed by atoms with Crippen LogP contribution < -0.4 is 31.1 Å². The Morgan fingerprint density at radius 1 is 0.442 bits per heavy atom. The summed E-state index contributed by atoms with van der Waals surface area (Å²) in [5.74, 6) is -0.202. The molecule has 2 unspecified atom stereocenters. The lowest BCUT2D eigenvalue weighted by molar-refractivity contribution is -0.140. The van der Waals surface area contributed by atoms with E-state index in [0.717, 1.165) is 19.3 Å². The summed E-state index contributed by atoms with van der Waals surface area (Å²) in [4.78, 5) is 29.0. The Morgan fingerprint density at radius 3 is 0.981 bits per heavy atom. The Hall–Kier alpha value is -5.15. The van der Waals surface area contributed by atoms with Gasteiger partial charge in [-0.25, -0.2) is 0 Å². The van der Waals surface area contributed by atoms with E-state index in [2.05, 4.69) is 186 Å². The summed E-state index contributed by atoms with van der Waals surface area (Å²) in [5, 5.41) is 7.81. The Labute approximate surface area is 309 Å². The van der Waals surface area contributed by atoms with Crippen molar-refractivity contribution in [3.8, 4) is 0 Å². The lowest BCUT2D eigenvalue weighted by Crippen LogP contribution is -2.90. The van der Waals surface area contributed by atoms with E-state index in [0.29, 0.717) is 19.5 Å². The van der Waals surface area contributed by atoms with Gasteiger partial charge in [0.05, 0.1) is 11.8 Å². The third-order valence-electron chi connectivity index (χ3n) is 11.4. The van der Waals surface area contributed by atoms with Crippen molar-refractivity contribution in [1.82, 2.24) is 9.13 Å². The highest BCUT2D eigenvalue weighted by Crippen LogP contribution is 2.39. The topological polar surface area (TPSA) is 40.6 Å². The summed E-state index contributed by atoms with van der Waals surface area (Å²) in [6, 6.07) is 66.7. The number of benzene rings is 6. The number of likely N-dealkylation sites (tertiary alicyclic amines) is 1. The summed E-state index contributed by atoms with van der Waals surface area (Å²) in [6.07, 6.45) is 3.29. The first-order valence-electron chi connectivity index (χ1n) is 18.6. The van der Waals surface area contributed by atoms with E-state index in [1.807, 2.05) is 0 Å². The molecule has 6 aromatic rings. The van der Waals surface area contributed by atoms with Gasteiger partial charge in [-0.15, -0.1) is 0 Å². The second-order valence-electron chi connectivity index (χ2n) is 14.1. The highest BCUT2D eigenvalue weighted by atomic mass is 28.4. The van der Waals surface area contributed by atoms with Crippen LogP contribution in [-0.2, 0) is 9.59 Å². The fourth-order valence-electron chi connectivity index (χ4n) is 9.27. The molecule has 1 aliphatic heterocycles. The molecule has 0 N–H and O–H groups in total. The van der Waals surface area contributed by atoms with Crippen molar-refractivity contribution in [2.45, 2.75) is 25.7 Å². The molecule has 4 nitrogen and oxygen atoms in total. The van der Waals surface area contributed by atoms with Crippen LogP contribution in [0.4, 0.5) is 0 Å². The zero-order chi connectivity index (χ0) is 35.4. The maximum Gasteiger partial charge on any atom is 0.233 e. The molecule has 2 fully saturated rings. The molecule has 258 valence electrons. The molecule has 6 heteroatoms. The molecular weight excluding hydrogens is 669 g/mol. The highest BCUT2D eigenvalue weighted by Gasteiger charge is 2.57. The van der Waals surface area contributed by atoms with Gasteiger partial charge in [-0.05, 0) is 56.9 Å². The van der Waals surface area contributed by atoms with E-state index in [9.17, 15) is 9.59 Å². The van der Waals surface area contributed by atoms with Crippen molar-refractivity contribution in [3.63, 3.8) is 0 Å². The summed E-state index contributed by atoms with van der Waals surface area (Å²) in [5.41, 5.74) is 0. The number of nitrogens with zero attached hydrogens (tertiary/aromatic N) is 2. The molecule has 2 aliphatic rings. The largest absolute Gasteiger partial charge is 0.324 e. The molecule has 1 aliphatic carbocycles. The van der Waals surface area contributed by atoms with Crippen LogP contribution in [-0.4, -0.2) is 50.5 Å². The van der Waals surface area contributed by atoms with Crippen LogP contribution in [0, 0.1) is 11.8 Å². The molecule has 0 spiro atoms. The van der Waals surface area contributed by atoms with E-state index >= 15 is 0 Å². The van der Waals surface area contributed by atoms with Crippen molar-refractivity contribution in [2.75, 3.05) is 13.1 Å². The van der Waals surface area contributed by atoms with Gasteiger partial charge < -0.3 is 4.23 Å². The van der Waals surface area contributed by atoms with E-state index in [1.54, 1.807) is 4.90 Å². The minimum atomic E-state index is -3.16. The van der Waals surface area contributed by atoms with Gasteiger partial charge in [-0.3, -0.25) is 14.5 Å². The van der Waals surface area contributed by atoms with Crippen LogP contribution in [0.15, 0.2) is 182 Å². The second kappa shape index (κ2) is 14.8. The third-order valence-corrected chi connectivity index (χ3v) is 22.5. The smallest absolute Gasteiger partial charge is 0.233 e. The molecule has 6 aromatic carbocycles. The van der Waals surface area contributed by atoms with Crippen LogP contribution in [0.25, 0.3) is 0 Å². The fourth-order valence-corrected chi connectivity index (χ4v) is 22.5. The van der Waals surface area contributed by atoms with E-state index < -0.39 is 16.5 Å². The Bertz CT molecular complexity index is 1760. The molecule has 52 heavy (non-hydrogen) atoms. The zero-order valence-corrected chi connectivity index (χ0v) is 31.4. The monoisotopic (exact) mass is 712 g/mol.